The van der Waals surface area contributed by atoms with Crippen molar-refractivity contribution in [3.05, 3.63) is 54.1 Å². The van der Waals surface area contributed by atoms with Crippen LogP contribution in [0.25, 0.3) is 11.0 Å². The van der Waals surface area contributed by atoms with Crippen molar-refractivity contribution in [2.45, 2.75) is 37.8 Å². The van der Waals surface area contributed by atoms with Gasteiger partial charge in [0.05, 0.1) is 17.3 Å². The van der Waals surface area contributed by atoms with Crippen LogP contribution < -0.4 is 20.7 Å². The number of rotatable bonds is 5. The minimum atomic E-state index is -0.350. The maximum absolute atomic E-state index is 14.8. The predicted molar refractivity (Wildman–Crippen MR) is 134 cm³/mol. The van der Waals surface area contributed by atoms with Crippen molar-refractivity contribution in [3.63, 3.8) is 0 Å². The first-order chi connectivity index (χ1) is 17.0. The van der Waals surface area contributed by atoms with Gasteiger partial charge in [0.1, 0.15) is 17.1 Å². The van der Waals surface area contributed by atoms with Crippen LogP contribution in [0.15, 0.2) is 42.7 Å². The van der Waals surface area contributed by atoms with Gasteiger partial charge < -0.3 is 25.6 Å². The van der Waals surface area contributed by atoms with Crippen LogP contribution in [0.2, 0.25) is 0 Å². The molecule has 0 unspecified atom stereocenters. The van der Waals surface area contributed by atoms with Gasteiger partial charge in [-0.15, -0.1) is 0 Å². The van der Waals surface area contributed by atoms with E-state index in [1.54, 1.807) is 36.7 Å². The number of halogens is 1. The standard InChI is InChI=1S/C26H31FN6O2/c1-32-10-12-33(13-11-32)23-7-2-17(14-21(23)27)26(34)31-19-3-5-20(6-4-19)35-24-16-18(28)15-22-25(24)30-9-8-29-22/h2,7-9,14-16,19-20H,3-6,10-13,28H2,1H3,(H,31,34). The normalized spacial score (nSPS) is 21.1. The van der Waals surface area contributed by atoms with Gasteiger partial charge >= 0.3 is 0 Å². The molecule has 1 saturated heterocycles. The van der Waals surface area contributed by atoms with Crippen LogP contribution in [0.3, 0.4) is 0 Å². The SMILES string of the molecule is CN1CCN(c2ccc(C(=O)NC3CCC(Oc4cc(N)cc5nccnc45)CC3)cc2F)CC1. The van der Waals surface area contributed by atoms with Gasteiger partial charge in [-0.3, -0.25) is 9.78 Å². The summed E-state index contributed by atoms with van der Waals surface area (Å²) in [4.78, 5) is 25.7. The van der Waals surface area contributed by atoms with E-state index in [0.717, 1.165) is 51.9 Å². The average Bonchev–Trinajstić information content (AvgIpc) is 2.86. The van der Waals surface area contributed by atoms with Crippen LogP contribution in [0.4, 0.5) is 15.8 Å². The number of nitrogens with zero attached hydrogens (tertiary/aromatic N) is 4. The molecule has 0 atom stereocenters. The van der Waals surface area contributed by atoms with Crippen molar-refractivity contribution in [3.8, 4) is 5.75 Å². The Morgan fingerprint density at radius 2 is 1.80 bits per heavy atom. The number of carbonyl (C=O) groups is 1. The first-order valence-corrected chi connectivity index (χ1v) is 12.2. The molecule has 3 aromatic rings. The second-order valence-corrected chi connectivity index (χ2v) is 9.46. The van der Waals surface area contributed by atoms with Gasteiger partial charge in [0.2, 0.25) is 0 Å². The second-order valence-electron chi connectivity index (χ2n) is 9.46. The van der Waals surface area contributed by atoms with E-state index in [1.807, 2.05) is 4.90 Å². The quantitative estimate of drug-likeness (QED) is 0.544. The number of nitrogens with two attached hydrogens (primary N) is 1. The van der Waals surface area contributed by atoms with E-state index < -0.39 is 0 Å². The molecule has 1 aromatic heterocycles. The molecule has 1 aliphatic carbocycles. The summed E-state index contributed by atoms with van der Waals surface area (Å²) in [5.74, 6) is 0.0450. The molecular formula is C26H31FN6O2. The molecular weight excluding hydrogens is 447 g/mol. The van der Waals surface area contributed by atoms with E-state index in [-0.39, 0.29) is 23.9 Å². The van der Waals surface area contributed by atoms with Crippen molar-refractivity contribution >= 4 is 28.3 Å². The number of hydrogen-bond acceptors (Lipinski definition) is 7. The summed E-state index contributed by atoms with van der Waals surface area (Å²) in [5.41, 5.74) is 8.89. The number of carbonyl (C=O) groups excluding carboxylic acids is 1. The van der Waals surface area contributed by atoms with Crippen molar-refractivity contribution in [1.29, 1.82) is 0 Å². The third kappa shape index (κ3) is 5.30. The lowest BCUT2D eigenvalue weighted by Gasteiger charge is -2.34. The molecule has 0 radical (unpaired) electrons. The van der Waals surface area contributed by atoms with Crippen LogP contribution in [-0.4, -0.2) is 66.1 Å². The molecule has 35 heavy (non-hydrogen) atoms. The molecule has 0 bridgehead atoms. The van der Waals surface area contributed by atoms with Crippen LogP contribution >= 0.6 is 0 Å². The Balaban J connectivity index is 1.16. The number of nitrogen functional groups attached to an aromatic ring is 1. The molecule has 2 aromatic carbocycles. The number of likely N-dealkylation sites (N-methyl/N-ethyl adjacent to an activating group) is 1. The van der Waals surface area contributed by atoms with Crippen molar-refractivity contribution in [1.82, 2.24) is 20.2 Å². The van der Waals surface area contributed by atoms with E-state index in [4.69, 9.17) is 10.5 Å². The number of amides is 1. The number of fused-ring (bicyclic) bond motifs is 1. The number of anilines is 2. The van der Waals surface area contributed by atoms with Crippen molar-refractivity contribution < 1.29 is 13.9 Å². The first kappa shape index (κ1) is 23.3. The Morgan fingerprint density at radius 3 is 2.54 bits per heavy atom. The van der Waals surface area contributed by atoms with Gasteiger partial charge in [0, 0.05) is 61.9 Å². The summed E-state index contributed by atoms with van der Waals surface area (Å²) in [6.45, 7) is 3.36. The Kier molecular flexibility index (Phi) is 6.68. The summed E-state index contributed by atoms with van der Waals surface area (Å²) in [6.07, 6.45) is 6.42. The first-order valence-electron chi connectivity index (χ1n) is 12.2. The van der Waals surface area contributed by atoms with Crippen molar-refractivity contribution in [2.24, 2.45) is 0 Å². The number of ether oxygens (including phenoxy) is 1. The molecule has 0 spiro atoms. The summed E-state index contributed by atoms with van der Waals surface area (Å²) < 4.78 is 21.0. The van der Waals surface area contributed by atoms with E-state index in [2.05, 4.69) is 27.2 Å². The lowest BCUT2D eigenvalue weighted by molar-refractivity contribution is 0.0894. The Morgan fingerprint density at radius 1 is 1.06 bits per heavy atom. The molecule has 9 heteroatoms. The molecule has 2 fully saturated rings. The summed E-state index contributed by atoms with van der Waals surface area (Å²) >= 11 is 0. The lowest BCUT2D eigenvalue weighted by Crippen LogP contribution is -2.44. The summed E-state index contributed by atoms with van der Waals surface area (Å²) in [7, 11) is 2.06. The highest BCUT2D eigenvalue weighted by atomic mass is 19.1. The van der Waals surface area contributed by atoms with E-state index >= 15 is 0 Å². The average molecular weight is 479 g/mol. The molecule has 2 heterocycles. The fourth-order valence-corrected chi connectivity index (χ4v) is 4.88. The molecule has 8 nitrogen and oxygen atoms in total. The highest BCUT2D eigenvalue weighted by Crippen LogP contribution is 2.30. The third-order valence-electron chi connectivity index (χ3n) is 6.92. The zero-order valence-electron chi connectivity index (χ0n) is 19.9. The molecule has 2 aliphatic rings. The predicted octanol–water partition coefficient (Wildman–Crippen LogP) is 3.22. The van der Waals surface area contributed by atoms with Crippen molar-refractivity contribution in [2.75, 3.05) is 43.9 Å². The topological polar surface area (TPSA) is 96.6 Å². The van der Waals surface area contributed by atoms with Gasteiger partial charge in [-0.25, -0.2) is 9.37 Å². The molecule has 3 N–H and O–H groups in total. The van der Waals surface area contributed by atoms with E-state index in [0.29, 0.717) is 33.7 Å². The number of piperazine rings is 1. The fraction of sp³-hybridized carbons (Fsp3) is 0.423. The van der Waals surface area contributed by atoms with Gasteiger partial charge in [-0.2, -0.15) is 0 Å². The highest BCUT2D eigenvalue weighted by molar-refractivity contribution is 5.94. The van der Waals surface area contributed by atoms with E-state index in [9.17, 15) is 9.18 Å². The zero-order valence-corrected chi connectivity index (χ0v) is 19.9. The lowest BCUT2D eigenvalue weighted by atomic mass is 9.92. The molecule has 1 aliphatic heterocycles. The molecule has 184 valence electrons. The van der Waals surface area contributed by atoms with Crippen LogP contribution in [0.1, 0.15) is 36.0 Å². The number of hydrogen-bond donors (Lipinski definition) is 2. The monoisotopic (exact) mass is 478 g/mol. The minimum Gasteiger partial charge on any atom is -0.488 e. The summed E-state index contributed by atoms with van der Waals surface area (Å²) in [6, 6.07) is 8.38. The number of aromatic nitrogens is 2. The van der Waals surface area contributed by atoms with Crippen LogP contribution in [-0.2, 0) is 0 Å². The maximum atomic E-state index is 14.8. The van der Waals surface area contributed by atoms with Crippen LogP contribution in [0.5, 0.6) is 5.75 Å². The minimum absolute atomic E-state index is 0.00970. The Labute approximate surface area is 204 Å². The molecule has 5 rings (SSSR count). The maximum Gasteiger partial charge on any atom is 0.251 e. The fourth-order valence-electron chi connectivity index (χ4n) is 4.88. The second kappa shape index (κ2) is 10.0. The molecule has 1 saturated carbocycles. The van der Waals surface area contributed by atoms with Gasteiger partial charge in [0.25, 0.3) is 5.91 Å². The van der Waals surface area contributed by atoms with Gasteiger partial charge in [-0.05, 0) is 57.0 Å². The van der Waals surface area contributed by atoms with Gasteiger partial charge in [-0.1, -0.05) is 0 Å². The smallest absolute Gasteiger partial charge is 0.251 e. The highest BCUT2D eigenvalue weighted by Gasteiger charge is 2.25. The summed E-state index contributed by atoms with van der Waals surface area (Å²) in [5, 5.41) is 3.07. The largest absolute Gasteiger partial charge is 0.488 e. The zero-order chi connectivity index (χ0) is 24.4. The number of nitrogens with one attached hydrogen (secondary N) is 1. The van der Waals surface area contributed by atoms with Gasteiger partial charge in [0.15, 0.2) is 0 Å². The number of benzene rings is 2. The molecule has 1 amide bonds. The van der Waals surface area contributed by atoms with E-state index in [1.165, 1.54) is 6.07 Å². The third-order valence-corrected chi connectivity index (χ3v) is 6.92. The Bertz CT molecular complexity index is 1210. The van der Waals surface area contributed by atoms with Crippen LogP contribution in [0, 0.1) is 5.82 Å². The Hall–Kier alpha value is -3.46.